The normalized spacial score (nSPS) is 11.8. The number of carbonyl (C=O) groups excluding carboxylic acids is 2. The van der Waals surface area contributed by atoms with Gasteiger partial charge in [0.1, 0.15) is 17.3 Å². The van der Waals surface area contributed by atoms with Crippen molar-refractivity contribution in [2.45, 2.75) is 46.6 Å². The number of rotatable bonds is 7. The van der Waals surface area contributed by atoms with Crippen molar-refractivity contribution in [1.82, 2.24) is 0 Å². The molecule has 1 atom stereocenters. The number of hydrogen-bond donors (Lipinski definition) is 2. The first-order valence-corrected chi connectivity index (χ1v) is 10.4. The Hall–Kier alpha value is -3.61. The number of anilines is 2. The van der Waals surface area contributed by atoms with E-state index in [1.54, 1.807) is 13.8 Å². The van der Waals surface area contributed by atoms with E-state index in [9.17, 15) is 14.0 Å². The van der Waals surface area contributed by atoms with Gasteiger partial charge in [0, 0.05) is 5.69 Å². The van der Waals surface area contributed by atoms with E-state index >= 15 is 0 Å². The van der Waals surface area contributed by atoms with Crippen LogP contribution in [0, 0.1) is 19.7 Å². The molecule has 0 aliphatic rings. The summed E-state index contributed by atoms with van der Waals surface area (Å²) in [5.41, 5.74) is 2.63. The minimum absolute atomic E-state index is 0.0530. The van der Waals surface area contributed by atoms with Gasteiger partial charge in [-0.3, -0.25) is 9.59 Å². The van der Waals surface area contributed by atoms with Crippen LogP contribution in [0.1, 0.15) is 53.9 Å². The van der Waals surface area contributed by atoms with Gasteiger partial charge in [0.15, 0.2) is 6.10 Å². The largest absolute Gasteiger partial charge is 0.481 e. The van der Waals surface area contributed by atoms with Crippen LogP contribution in [-0.2, 0) is 4.79 Å². The molecule has 7 heteroatoms. The van der Waals surface area contributed by atoms with Crippen molar-refractivity contribution in [2.24, 2.45) is 0 Å². The summed E-state index contributed by atoms with van der Waals surface area (Å²) >= 11 is 0. The van der Waals surface area contributed by atoms with Crippen LogP contribution in [0.5, 0.6) is 5.75 Å². The number of amides is 2. The third kappa shape index (κ3) is 5.35. The Morgan fingerprint density at radius 3 is 2.41 bits per heavy atom. The molecule has 0 aliphatic carbocycles. The van der Waals surface area contributed by atoms with Crippen LogP contribution >= 0.6 is 0 Å². The van der Waals surface area contributed by atoms with Gasteiger partial charge in [0.2, 0.25) is 0 Å². The van der Waals surface area contributed by atoms with E-state index in [2.05, 4.69) is 24.5 Å². The van der Waals surface area contributed by atoms with Crippen LogP contribution < -0.4 is 15.4 Å². The second-order valence-electron chi connectivity index (χ2n) is 7.98. The number of carbonyl (C=O) groups is 2. The Kier molecular flexibility index (Phi) is 6.98. The number of aryl methyl sites for hydroxylation is 2. The second kappa shape index (κ2) is 9.68. The molecule has 0 aliphatic heterocycles. The quantitative estimate of drug-likeness (QED) is 0.487. The fourth-order valence-electron chi connectivity index (χ4n) is 3.22. The van der Waals surface area contributed by atoms with Gasteiger partial charge < -0.3 is 19.8 Å². The van der Waals surface area contributed by atoms with Crippen molar-refractivity contribution in [3.05, 3.63) is 77.0 Å². The lowest BCUT2D eigenvalue weighted by molar-refractivity contribution is -0.122. The zero-order valence-electron chi connectivity index (χ0n) is 18.8. The van der Waals surface area contributed by atoms with Gasteiger partial charge in [-0.15, -0.1) is 0 Å². The van der Waals surface area contributed by atoms with Crippen LogP contribution in [0.25, 0.3) is 0 Å². The molecule has 2 aromatic carbocycles. The molecule has 0 spiro atoms. The Balaban J connectivity index is 1.71. The van der Waals surface area contributed by atoms with E-state index in [1.165, 1.54) is 30.5 Å². The van der Waals surface area contributed by atoms with Crippen LogP contribution in [0.4, 0.5) is 15.8 Å². The molecule has 0 saturated carbocycles. The molecule has 1 heterocycles. The molecule has 0 saturated heterocycles. The van der Waals surface area contributed by atoms with Gasteiger partial charge >= 0.3 is 0 Å². The van der Waals surface area contributed by atoms with Gasteiger partial charge in [-0.2, -0.15) is 0 Å². The number of halogens is 1. The number of furan rings is 1. The van der Waals surface area contributed by atoms with E-state index in [1.807, 2.05) is 25.1 Å². The molecule has 3 aromatic rings. The van der Waals surface area contributed by atoms with E-state index in [4.69, 9.17) is 9.15 Å². The van der Waals surface area contributed by atoms with Crippen LogP contribution in [0.2, 0.25) is 0 Å². The van der Waals surface area contributed by atoms with Crippen molar-refractivity contribution < 1.29 is 23.1 Å². The fourth-order valence-corrected chi connectivity index (χ4v) is 3.22. The van der Waals surface area contributed by atoms with Crippen LogP contribution in [0.3, 0.4) is 0 Å². The number of ether oxygens (including phenoxy) is 1. The van der Waals surface area contributed by atoms with Gasteiger partial charge in [-0.05, 0) is 68.1 Å². The van der Waals surface area contributed by atoms with Gasteiger partial charge in [-0.1, -0.05) is 26.0 Å². The maximum absolute atomic E-state index is 14.2. The first-order chi connectivity index (χ1) is 15.2. The molecule has 32 heavy (non-hydrogen) atoms. The molecule has 0 radical (unpaired) electrons. The highest BCUT2D eigenvalue weighted by Gasteiger charge is 2.19. The minimum atomic E-state index is -0.786. The van der Waals surface area contributed by atoms with Crippen molar-refractivity contribution >= 4 is 23.2 Å². The summed E-state index contributed by atoms with van der Waals surface area (Å²) in [5.74, 6) is -0.196. The van der Waals surface area contributed by atoms with Crippen LogP contribution in [-0.4, -0.2) is 17.9 Å². The highest BCUT2D eigenvalue weighted by atomic mass is 19.1. The monoisotopic (exact) mass is 438 g/mol. The highest BCUT2D eigenvalue weighted by Crippen LogP contribution is 2.29. The molecule has 0 bridgehead atoms. The molecular weight excluding hydrogens is 411 g/mol. The molecular formula is C25H27FN2O4. The molecule has 1 aromatic heterocycles. The SMILES string of the molecule is Cc1ccc(C(C)C)c(OC(C)C(=O)Nc2ccc(F)c(NC(=O)c3ccoc3C)c2)c1. The molecule has 2 N–H and O–H groups in total. The van der Waals surface area contributed by atoms with Gasteiger partial charge in [0.05, 0.1) is 17.5 Å². The molecule has 1 unspecified atom stereocenters. The number of benzene rings is 2. The fraction of sp³-hybridized carbons (Fsp3) is 0.280. The molecule has 6 nitrogen and oxygen atoms in total. The zero-order chi connectivity index (χ0) is 23.4. The van der Waals surface area contributed by atoms with Crippen LogP contribution in [0.15, 0.2) is 53.1 Å². The average molecular weight is 438 g/mol. The molecule has 168 valence electrons. The first kappa shape index (κ1) is 23.1. The van der Waals surface area contributed by atoms with Crippen molar-refractivity contribution in [1.29, 1.82) is 0 Å². The Morgan fingerprint density at radius 2 is 1.75 bits per heavy atom. The lowest BCUT2D eigenvalue weighted by Crippen LogP contribution is -2.30. The van der Waals surface area contributed by atoms with Crippen molar-refractivity contribution in [3.63, 3.8) is 0 Å². The molecule has 2 amide bonds. The summed E-state index contributed by atoms with van der Waals surface area (Å²) < 4.78 is 25.3. The van der Waals surface area contributed by atoms with E-state index in [-0.39, 0.29) is 11.6 Å². The second-order valence-corrected chi connectivity index (χ2v) is 7.98. The maximum atomic E-state index is 14.2. The third-order valence-corrected chi connectivity index (χ3v) is 5.05. The zero-order valence-corrected chi connectivity index (χ0v) is 18.8. The van der Waals surface area contributed by atoms with Crippen molar-refractivity contribution in [2.75, 3.05) is 10.6 Å². The lowest BCUT2D eigenvalue weighted by Gasteiger charge is -2.19. The smallest absolute Gasteiger partial charge is 0.265 e. The standard InChI is InChI=1S/C25H27FN2O4/c1-14(2)19-8-6-15(3)12-23(19)32-17(5)24(29)27-18-7-9-21(26)22(13-18)28-25(30)20-10-11-31-16(20)4/h6-14,17H,1-5H3,(H,27,29)(H,28,30). The number of nitrogens with one attached hydrogen (secondary N) is 2. The summed E-state index contributed by atoms with van der Waals surface area (Å²) in [5, 5.41) is 5.22. The summed E-state index contributed by atoms with van der Waals surface area (Å²) in [6.07, 6.45) is 0.600. The summed E-state index contributed by atoms with van der Waals surface area (Å²) in [6.45, 7) is 9.36. The maximum Gasteiger partial charge on any atom is 0.265 e. The molecule has 3 rings (SSSR count). The summed E-state index contributed by atoms with van der Waals surface area (Å²) in [7, 11) is 0. The van der Waals surface area contributed by atoms with E-state index in [0.29, 0.717) is 22.8 Å². The average Bonchev–Trinajstić information content (AvgIpc) is 3.16. The van der Waals surface area contributed by atoms with Gasteiger partial charge in [0.25, 0.3) is 11.8 Å². The summed E-state index contributed by atoms with van der Waals surface area (Å²) in [6, 6.07) is 11.4. The minimum Gasteiger partial charge on any atom is -0.481 e. The Labute approximate surface area is 186 Å². The number of hydrogen-bond acceptors (Lipinski definition) is 4. The van der Waals surface area contributed by atoms with E-state index in [0.717, 1.165) is 11.1 Å². The summed E-state index contributed by atoms with van der Waals surface area (Å²) in [4.78, 5) is 25.1. The first-order valence-electron chi connectivity index (χ1n) is 10.4. The Morgan fingerprint density at radius 1 is 1.00 bits per heavy atom. The topological polar surface area (TPSA) is 80.6 Å². The highest BCUT2D eigenvalue weighted by molar-refractivity contribution is 6.05. The lowest BCUT2D eigenvalue weighted by atomic mass is 10.0. The van der Waals surface area contributed by atoms with E-state index < -0.39 is 23.7 Å². The predicted octanol–water partition coefficient (Wildman–Crippen LogP) is 5.82. The van der Waals surface area contributed by atoms with Crippen molar-refractivity contribution in [3.8, 4) is 5.75 Å². The Bertz CT molecular complexity index is 1140. The molecule has 0 fully saturated rings. The predicted molar refractivity (Wildman–Crippen MR) is 122 cm³/mol. The van der Waals surface area contributed by atoms with Gasteiger partial charge in [-0.25, -0.2) is 4.39 Å². The third-order valence-electron chi connectivity index (χ3n) is 5.05.